The number of ether oxygens (including phenoxy) is 2. The van der Waals surface area contributed by atoms with Crippen molar-refractivity contribution in [1.82, 2.24) is 4.90 Å². The monoisotopic (exact) mass is 392 g/mol. The normalized spacial score (nSPS) is 15.4. The average Bonchev–Trinajstić information content (AvgIpc) is 3.29. The summed E-state index contributed by atoms with van der Waals surface area (Å²) in [6.45, 7) is 2.74. The molecule has 2 aromatic carbocycles. The van der Waals surface area contributed by atoms with Crippen LogP contribution in [0.2, 0.25) is 0 Å². The minimum absolute atomic E-state index is 0.180. The molecule has 1 N–H and O–H groups in total. The van der Waals surface area contributed by atoms with Crippen LogP contribution in [-0.4, -0.2) is 30.1 Å². The van der Waals surface area contributed by atoms with E-state index in [4.69, 9.17) is 9.47 Å². The van der Waals surface area contributed by atoms with Gasteiger partial charge in [0, 0.05) is 18.3 Å². The molecule has 150 valence electrons. The Balaban J connectivity index is 1.63. The van der Waals surface area contributed by atoms with Crippen molar-refractivity contribution in [2.45, 2.75) is 32.6 Å². The Morgan fingerprint density at radius 1 is 0.931 bits per heavy atom. The van der Waals surface area contributed by atoms with Gasteiger partial charge in [0.05, 0.1) is 5.57 Å². The van der Waals surface area contributed by atoms with Crippen molar-refractivity contribution in [3.8, 4) is 11.5 Å². The number of nitrogens with one attached hydrogen (secondary N) is 1. The Hall–Kier alpha value is -3.28. The van der Waals surface area contributed by atoms with E-state index < -0.39 is 0 Å². The highest BCUT2D eigenvalue weighted by molar-refractivity contribution is 6.36. The lowest BCUT2D eigenvalue weighted by atomic mass is 10.0. The molecule has 0 aromatic heterocycles. The van der Waals surface area contributed by atoms with Gasteiger partial charge in [-0.15, -0.1) is 0 Å². The fourth-order valence-corrected chi connectivity index (χ4v) is 3.58. The van der Waals surface area contributed by atoms with E-state index in [-0.39, 0.29) is 18.6 Å². The molecule has 0 aliphatic carbocycles. The zero-order chi connectivity index (χ0) is 20.2. The molecule has 6 heteroatoms. The zero-order valence-corrected chi connectivity index (χ0v) is 16.4. The van der Waals surface area contributed by atoms with Crippen LogP contribution in [-0.2, 0) is 9.59 Å². The molecule has 0 spiro atoms. The minimum atomic E-state index is -0.289. The van der Waals surface area contributed by atoms with Gasteiger partial charge in [-0.3, -0.25) is 14.5 Å². The summed E-state index contributed by atoms with van der Waals surface area (Å²) in [5.74, 6) is 0.744. The lowest BCUT2D eigenvalue weighted by Gasteiger charge is -2.15. The fraction of sp³-hybridized carbons (Fsp3) is 0.304. The smallest absolute Gasteiger partial charge is 0.278 e. The standard InChI is InChI=1S/C23H24N2O4/c1-2-3-4-8-13-25-22(26)20(16-9-6-5-7-10-16)21(23(25)27)24-17-11-12-18-19(14-17)29-15-28-18/h5-7,9-12,14,24H,2-4,8,13,15H2,1H3. The van der Waals surface area contributed by atoms with E-state index in [1.165, 1.54) is 4.90 Å². The van der Waals surface area contributed by atoms with E-state index in [0.29, 0.717) is 35.0 Å². The number of unbranched alkanes of at least 4 members (excludes halogenated alkanes) is 3. The lowest BCUT2D eigenvalue weighted by molar-refractivity contribution is -0.136. The summed E-state index contributed by atoms with van der Waals surface area (Å²) in [7, 11) is 0. The number of hydrogen-bond acceptors (Lipinski definition) is 5. The molecule has 4 rings (SSSR count). The van der Waals surface area contributed by atoms with Crippen molar-refractivity contribution in [2.24, 2.45) is 0 Å². The molecule has 0 fully saturated rings. The van der Waals surface area contributed by atoms with Crippen LogP contribution in [0.1, 0.15) is 38.2 Å². The Bertz CT molecular complexity index is 953. The van der Waals surface area contributed by atoms with Crippen molar-refractivity contribution in [3.63, 3.8) is 0 Å². The number of rotatable bonds is 8. The molecule has 0 radical (unpaired) electrons. The van der Waals surface area contributed by atoms with Crippen LogP contribution in [0, 0.1) is 0 Å². The number of fused-ring (bicyclic) bond motifs is 1. The number of benzene rings is 2. The van der Waals surface area contributed by atoms with Gasteiger partial charge >= 0.3 is 0 Å². The van der Waals surface area contributed by atoms with Gasteiger partial charge in [0.15, 0.2) is 11.5 Å². The number of nitrogens with zero attached hydrogens (tertiary/aromatic N) is 1. The first-order chi connectivity index (χ1) is 14.2. The van der Waals surface area contributed by atoms with Crippen molar-refractivity contribution in [2.75, 3.05) is 18.7 Å². The van der Waals surface area contributed by atoms with Crippen LogP contribution in [0.15, 0.2) is 54.2 Å². The first-order valence-corrected chi connectivity index (χ1v) is 10.0. The highest BCUT2D eigenvalue weighted by Crippen LogP contribution is 2.36. The highest BCUT2D eigenvalue weighted by atomic mass is 16.7. The first kappa shape index (κ1) is 19.1. The maximum Gasteiger partial charge on any atom is 0.278 e. The van der Waals surface area contributed by atoms with E-state index in [0.717, 1.165) is 31.2 Å². The number of anilines is 1. The van der Waals surface area contributed by atoms with Crippen LogP contribution < -0.4 is 14.8 Å². The van der Waals surface area contributed by atoms with Gasteiger partial charge in [-0.2, -0.15) is 0 Å². The largest absolute Gasteiger partial charge is 0.454 e. The molecule has 2 aliphatic heterocycles. The maximum absolute atomic E-state index is 13.1. The molecule has 0 atom stereocenters. The van der Waals surface area contributed by atoms with Crippen molar-refractivity contribution in [1.29, 1.82) is 0 Å². The second kappa shape index (κ2) is 8.39. The van der Waals surface area contributed by atoms with Gasteiger partial charge < -0.3 is 14.8 Å². The molecule has 2 aromatic rings. The third-order valence-corrected chi connectivity index (χ3v) is 5.11. The average molecular weight is 392 g/mol. The summed E-state index contributed by atoms with van der Waals surface area (Å²) in [5, 5.41) is 3.16. The fourth-order valence-electron chi connectivity index (χ4n) is 3.58. The molecule has 2 amide bonds. The van der Waals surface area contributed by atoms with Gasteiger partial charge in [0.1, 0.15) is 5.70 Å². The summed E-state index contributed by atoms with van der Waals surface area (Å²) in [4.78, 5) is 27.6. The third kappa shape index (κ3) is 3.83. The Kier molecular flexibility index (Phi) is 5.51. The Morgan fingerprint density at radius 2 is 1.72 bits per heavy atom. The summed E-state index contributed by atoms with van der Waals surface area (Å²) in [6.07, 6.45) is 4.01. The van der Waals surface area contributed by atoms with Crippen LogP contribution in [0.4, 0.5) is 5.69 Å². The highest BCUT2D eigenvalue weighted by Gasteiger charge is 2.38. The van der Waals surface area contributed by atoms with E-state index in [2.05, 4.69) is 12.2 Å². The summed E-state index contributed by atoms with van der Waals surface area (Å²) in [6, 6.07) is 14.7. The molecule has 29 heavy (non-hydrogen) atoms. The Labute approximate surface area is 170 Å². The van der Waals surface area contributed by atoms with E-state index >= 15 is 0 Å². The van der Waals surface area contributed by atoms with Gasteiger partial charge in [0.2, 0.25) is 6.79 Å². The van der Waals surface area contributed by atoms with E-state index in [1.54, 1.807) is 12.1 Å². The molecule has 0 saturated carbocycles. The summed E-state index contributed by atoms with van der Waals surface area (Å²) < 4.78 is 10.8. The molecule has 0 saturated heterocycles. The number of carbonyl (C=O) groups is 2. The number of imide groups is 1. The molecule has 2 aliphatic rings. The number of hydrogen-bond donors (Lipinski definition) is 1. The first-order valence-electron chi connectivity index (χ1n) is 10.0. The van der Waals surface area contributed by atoms with Gasteiger partial charge in [-0.1, -0.05) is 56.5 Å². The van der Waals surface area contributed by atoms with Gasteiger partial charge in [0.25, 0.3) is 11.8 Å². The second-order valence-electron chi connectivity index (χ2n) is 7.13. The van der Waals surface area contributed by atoms with Gasteiger partial charge in [-0.25, -0.2) is 0 Å². The van der Waals surface area contributed by atoms with Crippen molar-refractivity contribution >= 4 is 23.1 Å². The van der Waals surface area contributed by atoms with E-state index in [1.807, 2.05) is 36.4 Å². The molecular formula is C23H24N2O4. The SMILES string of the molecule is CCCCCCN1C(=O)C(Nc2ccc3c(c2)OCO3)=C(c2ccccc2)C1=O. The maximum atomic E-state index is 13.1. The molecule has 0 unspecified atom stereocenters. The van der Waals surface area contributed by atoms with Crippen molar-refractivity contribution < 1.29 is 19.1 Å². The quantitative estimate of drug-likeness (QED) is 0.539. The topological polar surface area (TPSA) is 67.9 Å². The molecular weight excluding hydrogens is 368 g/mol. The zero-order valence-electron chi connectivity index (χ0n) is 16.4. The number of carbonyl (C=O) groups excluding carboxylic acids is 2. The second-order valence-corrected chi connectivity index (χ2v) is 7.13. The summed E-state index contributed by atoms with van der Waals surface area (Å²) >= 11 is 0. The minimum Gasteiger partial charge on any atom is -0.454 e. The molecule has 0 bridgehead atoms. The van der Waals surface area contributed by atoms with E-state index in [9.17, 15) is 9.59 Å². The third-order valence-electron chi connectivity index (χ3n) is 5.11. The van der Waals surface area contributed by atoms with Crippen LogP contribution in [0.5, 0.6) is 11.5 Å². The Morgan fingerprint density at radius 3 is 2.52 bits per heavy atom. The predicted molar refractivity (Wildman–Crippen MR) is 110 cm³/mol. The predicted octanol–water partition coefficient (Wildman–Crippen LogP) is 4.19. The van der Waals surface area contributed by atoms with Crippen LogP contribution in [0.3, 0.4) is 0 Å². The lowest BCUT2D eigenvalue weighted by Crippen LogP contribution is -2.33. The number of amides is 2. The van der Waals surface area contributed by atoms with Crippen molar-refractivity contribution in [3.05, 3.63) is 59.8 Å². The van der Waals surface area contributed by atoms with Crippen LogP contribution in [0.25, 0.3) is 5.57 Å². The summed E-state index contributed by atoms with van der Waals surface area (Å²) in [5.41, 5.74) is 2.11. The van der Waals surface area contributed by atoms with Crippen LogP contribution >= 0.6 is 0 Å². The molecule has 6 nitrogen and oxygen atoms in total. The molecule has 2 heterocycles. The van der Waals surface area contributed by atoms with Gasteiger partial charge in [-0.05, 0) is 24.1 Å².